The van der Waals surface area contributed by atoms with Crippen molar-refractivity contribution in [2.24, 2.45) is 0 Å². The molecule has 0 atom stereocenters. The van der Waals surface area contributed by atoms with Crippen molar-refractivity contribution in [3.05, 3.63) is 48.0 Å². The maximum absolute atomic E-state index is 11.6. The van der Waals surface area contributed by atoms with Gasteiger partial charge in [-0.05, 0) is 36.6 Å². The molecule has 0 amide bonds. The first kappa shape index (κ1) is 28.6. The minimum absolute atomic E-state index is 0. The van der Waals surface area contributed by atoms with Crippen molar-refractivity contribution >= 4 is 10.1 Å². The van der Waals surface area contributed by atoms with E-state index in [2.05, 4.69) is 6.92 Å². The van der Waals surface area contributed by atoms with Gasteiger partial charge in [0.05, 0.1) is 4.90 Å². The maximum atomic E-state index is 11.6. The van der Waals surface area contributed by atoms with E-state index in [1.807, 2.05) is 18.2 Å². The Labute approximate surface area is 229 Å². The van der Waals surface area contributed by atoms with Crippen molar-refractivity contribution in [2.45, 2.75) is 82.4 Å². The van der Waals surface area contributed by atoms with Gasteiger partial charge in [0.15, 0.2) is 0 Å². The van der Waals surface area contributed by atoms with Crippen molar-refractivity contribution in [1.29, 1.82) is 0 Å². The molecule has 1 N–H and O–H groups in total. The summed E-state index contributed by atoms with van der Waals surface area (Å²) in [5, 5.41) is 11.6. The number of ether oxygens (including phenoxy) is 1. The molecule has 0 bridgehead atoms. The molecule has 0 aliphatic heterocycles. The van der Waals surface area contributed by atoms with Crippen molar-refractivity contribution in [3.8, 4) is 17.2 Å². The summed E-state index contributed by atoms with van der Waals surface area (Å²) in [5.74, 6) is -0.00242. The zero-order valence-electron chi connectivity index (χ0n) is 18.8. The first-order valence-electron chi connectivity index (χ1n) is 11.0. The summed E-state index contributed by atoms with van der Waals surface area (Å²) in [7, 11) is -4.58. The Morgan fingerprint density at radius 3 is 2.03 bits per heavy atom. The van der Waals surface area contributed by atoms with Gasteiger partial charge in [0.1, 0.15) is 11.5 Å². The van der Waals surface area contributed by atoms with Gasteiger partial charge < -0.3 is 9.84 Å². The molecule has 2 aromatic rings. The Morgan fingerprint density at radius 1 is 0.839 bits per heavy atom. The minimum Gasteiger partial charge on any atom is -0.872 e. The van der Waals surface area contributed by atoms with Crippen LogP contribution in [-0.4, -0.2) is 13.0 Å². The summed E-state index contributed by atoms with van der Waals surface area (Å²) in [6.45, 7) is 2.24. The molecule has 0 saturated carbocycles. The van der Waals surface area contributed by atoms with Crippen molar-refractivity contribution in [3.63, 3.8) is 0 Å². The van der Waals surface area contributed by atoms with Gasteiger partial charge in [-0.25, -0.2) is 0 Å². The second-order valence-corrected chi connectivity index (χ2v) is 9.16. The molecule has 31 heavy (non-hydrogen) atoms. The van der Waals surface area contributed by atoms with Crippen LogP contribution in [0.2, 0.25) is 0 Å². The topological polar surface area (TPSA) is 86.7 Å². The molecule has 0 unspecified atom stereocenters. The molecule has 0 aliphatic rings. The van der Waals surface area contributed by atoms with E-state index in [4.69, 9.17) is 9.29 Å². The van der Waals surface area contributed by atoms with Crippen LogP contribution in [0.3, 0.4) is 0 Å². The SMILES string of the molecule is CCCCCCCCCCCCc1cccc(Oc2ccc([O-])c(S(=O)(=O)O)c2)c1.[K+]. The molecule has 0 saturated heterocycles. The Morgan fingerprint density at radius 2 is 1.42 bits per heavy atom. The number of hydrogen-bond donors (Lipinski definition) is 1. The van der Waals surface area contributed by atoms with Gasteiger partial charge in [-0.15, -0.1) is 0 Å². The van der Waals surface area contributed by atoms with Crippen LogP contribution < -0.4 is 61.2 Å². The molecule has 2 aromatic carbocycles. The normalized spacial score (nSPS) is 11.2. The largest absolute Gasteiger partial charge is 1.00 e. The van der Waals surface area contributed by atoms with E-state index in [9.17, 15) is 13.5 Å². The number of benzene rings is 2. The predicted molar refractivity (Wildman–Crippen MR) is 118 cm³/mol. The molecule has 0 heterocycles. The van der Waals surface area contributed by atoms with Crippen molar-refractivity contribution < 1.29 is 74.2 Å². The van der Waals surface area contributed by atoms with Crippen molar-refractivity contribution in [1.82, 2.24) is 0 Å². The second kappa shape index (κ2) is 15.4. The van der Waals surface area contributed by atoms with Gasteiger partial charge in [-0.1, -0.05) is 88.7 Å². The fraction of sp³-hybridized carbons (Fsp3) is 0.500. The number of unbranched alkanes of at least 4 members (excludes halogenated alkanes) is 9. The van der Waals surface area contributed by atoms with E-state index in [1.54, 1.807) is 6.07 Å². The van der Waals surface area contributed by atoms with E-state index in [-0.39, 0.29) is 57.1 Å². The Bertz CT molecular complexity index is 883. The van der Waals surface area contributed by atoms with Crippen LogP contribution in [0, 0.1) is 0 Å². The van der Waals surface area contributed by atoms with Crippen LogP contribution in [0.25, 0.3) is 0 Å². The smallest absolute Gasteiger partial charge is 0.872 e. The van der Waals surface area contributed by atoms with Gasteiger partial charge in [0, 0.05) is 6.07 Å². The summed E-state index contributed by atoms with van der Waals surface area (Å²) >= 11 is 0. The number of aryl methyl sites for hydroxylation is 1. The molecule has 7 heteroatoms. The Balaban J connectivity index is 0.00000480. The van der Waals surface area contributed by atoms with Crippen LogP contribution in [0.1, 0.15) is 76.7 Å². The van der Waals surface area contributed by atoms with E-state index >= 15 is 0 Å². The predicted octanol–water partition coefficient (Wildman–Crippen LogP) is 3.27. The number of rotatable bonds is 14. The van der Waals surface area contributed by atoms with Gasteiger partial charge in [0.25, 0.3) is 10.1 Å². The van der Waals surface area contributed by atoms with E-state index in [0.29, 0.717) is 5.75 Å². The van der Waals surface area contributed by atoms with Crippen LogP contribution in [0.15, 0.2) is 47.4 Å². The molecule has 0 fully saturated rings. The van der Waals surface area contributed by atoms with Gasteiger partial charge >= 0.3 is 51.4 Å². The zero-order chi connectivity index (χ0) is 21.8. The Kier molecular flexibility index (Phi) is 14.2. The van der Waals surface area contributed by atoms with Crippen LogP contribution >= 0.6 is 0 Å². The monoisotopic (exact) mass is 472 g/mol. The Hall–Kier alpha value is -0.414. The summed E-state index contributed by atoms with van der Waals surface area (Å²) in [6.07, 6.45) is 13.9. The zero-order valence-corrected chi connectivity index (χ0v) is 22.7. The van der Waals surface area contributed by atoms with Crippen LogP contribution in [0.4, 0.5) is 0 Å². The molecule has 166 valence electrons. The fourth-order valence-electron chi connectivity index (χ4n) is 3.47. The standard InChI is InChI=1S/C24H34O5S.K/c1-2-3-4-5-6-7-8-9-10-11-13-20-14-12-15-21(18-20)29-22-16-17-23(25)24(19-22)30(26,27)28;/h12,14-19,25H,2-11,13H2,1H3,(H,26,27,28);/q;+1/p-1. The average Bonchev–Trinajstić information content (AvgIpc) is 2.70. The molecule has 0 radical (unpaired) electrons. The third kappa shape index (κ3) is 11.3. The van der Waals surface area contributed by atoms with Crippen molar-refractivity contribution in [2.75, 3.05) is 0 Å². The minimum atomic E-state index is -4.58. The van der Waals surface area contributed by atoms with E-state index in [0.717, 1.165) is 30.5 Å². The molecule has 2 rings (SSSR count). The summed E-state index contributed by atoms with van der Waals surface area (Å²) in [5.41, 5.74) is 1.16. The molecule has 0 aliphatic carbocycles. The second-order valence-electron chi connectivity index (χ2n) is 7.77. The summed E-state index contributed by atoms with van der Waals surface area (Å²) in [4.78, 5) is -0.679. The first-order chi connectivity index (χ1) is 14.4. The molecule has 0 spiro atoms. The molecule has 5 nitrogen and oxygen atoms in total. The van der Waals surface area contributed by atoms with Gasteiger partial charge in [-0.2, -0.15) is 8.42 Å². The van der Waals surface area contributed by atoms with Crippen LogP contribution in [0.5, 0.6) is 17.2 Å². The van der Waals surface area contributed by atoms with E-state index < -0.39 is 20.8 Å². The average molecular weight is 473 g/mol. The summed E-state index contributed by atoms with van der Waals surface area (Å²) in [6, 6.07) is 11.2. The third-order valence-electron chi connectivity index (χ3n) is 5.15. The molecule has 0 aromatic heterocycles. The first-order valence-corrected chi connectivity index (χ1v) is 12.4. The summed E-state index contributed by atoms with van der Waals surface area (Å²) < 4.78 is 37.4. The van der Waals surface area contributed by atoms with E-state index in [1.165, 1.54) is 63.9 Å². The molecular formula is C24H33KO5S. The number of hydrogen-bond acceptors (Lipinski definition) is 4. The van der Waals surface area contributed by atoms with Gasteiger partial charge in [-0.3, -0.25) is 4.55 Å². The molecular weight excluding hydrogens is 439 g/mol. The van der Waals surface area contributed by atoms with Gasteiger partial charge in [0.2, 0.25) is 0 Å². The van der Waals surface area contributed by atoms with Crippen LogP contribution in [-0.2, 0) is 16.5 Å². The third-order valence-corrected chi connectivity index (χ3v) is 6.02. The maximum Gasteiger partial charge on any atom is 1.00 e. The quantitative estimate of drug-likeness (QED) is 0.259. The fourth-order valence-corrected chi connectivity index (χ4v) is 4.06.